The monoisotopic (exact) mass is 1300 g/mol. The topological polar surface area (TPSA) is 237 Å². The summed E-state index contributed by atoms with van der Waals surface area (Å²) in [5.41, 5.74) is 0. The third-order valence-electron chi connectivity index (χ3n) is 16.1. The van der Waals surface area contributed by atoms with E-state index in [0.29, 0.717) is 25.7 Å². The van der Waals surface area contributed by atoms with E-state index in [1.807, 2.05) is 0 Å². The molecule has 0 aromatic carbocycles. The third-order valence-corrected chi connectivity index (χ3v) is 18.0. The van der Waals surface area contributed by atoms with Crippen molar-refractivity contribution in [2.45, 2.75) is 380 Å². The van der Waals surface area contributed by atoms with Crippen LogP contribution >= 0.6 is 15.6 Å². The van der Waals surface area contributed by atoms with E-state index in [9.17, 15) is 43.2 Å². The molecule has 0 fully saturated rings. The molecule has 19 heteroatoms. The van der Waals surface area contributed by atoms with Crippen LogP contribution in [-0.2, 0) is 65.4 Å². The van der Waals surface area contributed by atoms with Gasteiger partial charge in [0.25, 0.3) is 0 Å². The van der Waals surface area contributed by atoms with Crippen LogP contribution in [0.2, 0.25) is 0 Å². The van der Waals surface area contributed by atoms with Gasteiger partial charge in [0.15, 0.2) is 12.2 Å². The van der Waals surface area contributed by atoms with Crippen molar-refractivity contribution in [3.05, 3.63) is 0 Å². The van der Waals surface area contributed by atoms with Crippen LogP contribution in [0.15, 0.2) is 0 Å². The van der Waals surface area contributed by atoms with Gasteiger partial charge in [0.1, 0.15) is 19.3 Å². The quantitative estimate of drug-likeness (QED) is 0.0222. The summed E-state index contributed by atoms with van der Waals surface area (Å²) < 4.78 is 67.9. The molecule has 0 aromatic heterocycles. The van der Waals surface area contributed by atoms with Crippen molar-refractivity contribution in [3.63, 3.8) is 0 Å². The Morgan fingerprint density at radius 1 is 0.273 bits per heavy atom. The van der Waals surface area contributed by atoms with Crippen LogP contribution in [-0.4, -0.2) is 96.7 Å². The van der Waals surface area contributed by atoms with Gasteiger partial charge in [-0.2, -0.15) is 0 Å². The van der Waals surface area contributed by atoms with Crippen molar-refractivity contribution in [2.75, 3.05) is 39.6 Å². The van der Waals surface area contributed by atoms with Gasteiger partial charge >= 0.3 is 39.5 Å². The Kier molecular flexibility index (Phi) is 62.4. The normalized spacial score (nSPS) is 14.0. The first-order valence-corrected chi connectivity index (χ1v) is 39.3. The van der Waals surface area contributed by atoms with Gasteiger partial charge in [-0.05, 0) is 25.7 Å². The van der Waals surface area contributed by atoms with Crippen LogP contribution in [0.3, 0.4) is 0 Å². The lowest BCUT2D eigenvalue weighted by Crippen LogP contribution is -2.30. The summed E-state index contributed by atoms with van der Waals surface area (Å²) in [6.07, 6.45) is 52.0. The smallest absolute Gasteiger partial charge is 0.462 e. The molecular formula is C69H134O17P2. The summed E-state index contributed by atoms with van der Waals surface area (Å²) in [6.45, 7) is 4.80. The van der Waals surface area contributed by atoms with Gasteiger partial charge < -0.3 is 33.8 Å². The van der Waals surface area contributed by atoms with Crippen molar-refractivity contribution in [3.8, 4) is 0 Å². The van der Waals surface area contributed by atoms with Crippen molar-refractivity contribution >= 4 is 39.5 Å². The number of unbranched alkanes of at least 4 members (excludes halogenated alkanes) is 44. The lowest BCUT2D eigenvalue weighted by molar-refractivity contribution is -0.161. The average Bonchev–Trinajstić information content (AvgIpc) is 3.68. The molecule has 522 valence electrons. The zero-order valence-corrected chi connectivity index (χ0v) is 58.5. The van der Waals surface area contributed by atoms with Gasteiger partial charge in [0.2, 0.25) is 0 Å². The van der Waals surface area contributed by atoms with Crippen LogP contribution in [0.4, 0.5) is 0 Å². The Balaban J connectivity index is 5.09. The first-order chi connectivity index (χ1) is 42.7. The SMILES string of the molecule is CCCCCCCCCCCCCCCCCCCCC(=O)OC[C@H](COP(=O)(O)OC[C@@H](O)COP(=O)(O)OC[C@@H](COC(=O)CCCCCCC)OC(=O)CCCCCCCCC)OC(=O)CCCCCCCCCCCCCCCCCCCC. The highest BCUT2D eigenvalue weighted by atomic mass is 31.2. The predicted octanol–water partition coefficient (Wildman–Crippen LogP) is 19.9. The minimum Gasteiger partial charge on any atom is -0.462 e. The molecule has 2 unspecified atom stereocenters. The standard InChI is InChI=1S/C69H134O17P2/c1-5-9-13-17-20-22-24-26-28-30-32-34-36-38-40-43-46-50-54-67(72)80-60-65(86-69(74)56-52-48-44-41-39-37-35-33-31-29-27-25-23-21-18-14-10-6-2)62-84-88(77,78)82-58-63(70)57-81-87(75,76)83-61-64(59-79-66(71)53-49-45-16-12-8-4)85-68(73)55-51-47-42-19-15-11-7-3/h63-65,70H,5-62H2,1-4H3,(H,75,76)(H,77,78)/t63-,64+,65+/m0/s1. The molecule has 0 aromatic rings. The molecule has 0 spiro atoms. The summed E-state index contributed by atoms with van der Waals surface area (Å²) in [4.78, 5) is 72.0. The molecule has 0 amide bonds. The van der Waals surface area contributed by atoms with E-state index in [1.165, 1.54) is 173 Å². The van der Waals surface area contributed by atoms with E-state index >= 15 is 0 Å². The number of aliphatic hydroxyl groups excluding tert-OH is 1. The molecular weight excluding hydrogens is 1160 g/mol. The Bertz CT molecular complexity index is 1690. The molecule has 0 bridgehead atoms. The molecule has 0 saturated heterocycles. The highest BCUT2D eigenvalue weighted by Gasteiger charge is 2.30. The summed E-state index contributed by atoms with van der Waals surface area (Å²) in [7, 11) is -9.88. The molecule has 88 heavy (non-hydrogen) atoms. The van der Waals surface area contributed by atoms with Gasteiger partial charge in [-0.25, -0.2) is 9.13 Å². The number of phosphoric acid groups is 2. The van der Waals surface area contributed by atoms with Crippen molar-refractivity contribution in [2.24, 2.45) is 0 Å². The minimum absolute atomic E-state index is 0.103. The number of ether oxygens (including phenoxy) is 4. The molecule has 0 aliphatic carbocycles. The van der Waals surface area contributed by atoms with E-state index in [1.54, 1.807) is 0 Å². The van der Waals surface area contributed by atoms with E-state index in [4.69, 9.17) is 37.0 Å². The molecule has 0 saturated carbocycles. The number of hydrogen-bond donors (Lipinski definition) is 3. The number of phosphoric ester groups is 2. The number of carbonyl (C=O) groups excluding carboxylic acids is 4. The van der Waals surface area contributed by atoms with Crippen LogP contribution in [0.25, 0.3) is 0 Å². The van der Waals surface area contributed by atoms with E-state index in [2.05, 4.69) is 27.7 Å². The van der Waals surface area contributed by atoms with Crippen molar-refractivity contribution < 1.29 is 80.2 Å². The van der Waals surface area contributed by atoms with Crippen LogP contribution in [0.5, 0.6) is 0 Å². The summed E-state index contributed by atoms with van der Waals surface area (Å²) in [5, 5.41) is 10.5. The number of hydrogen-bond acceptors (Lipinski definition) is 15. The van der Waals surface area contributed by atoms with Gasteiger partial charge in [-0.15, -0.1) is 0 Å². The molecule has 0 aliphatic rings. The summed E-state index contributed by atoms with van der Waals surface area (Å²) in [6, 6.07) is 0. The first-order valence-electron chi connectivity index (χ1n) is 36.3. The first kappa shape index (κ1) is 86.1. The highest BCUT2D eigenvalue weighted by Crippen LogP contribution is 2.45. The molecule has 0 radical (unpaired) electrons. The number of carbonyl (C=O) groups is 4. The summed E-state index contributed by atoms with van der Waals surface area (Å²) >= 11 is 0. The summed E-state index contributed by atoms with van der Waals surface area (Å²) in [5.74, 6) is -2.14. The molecule has 17 nitrogen and oxygen atoms in total. The van der Waals surface area contributed by atoms with E-state index in [0.717, 1.165) is 109 Å². The number of aliphatic hydroxyl groups is 1. The maximum atomic E-state index is 13.0. The second kappa shape index (κ2) is 63.8. The largest absolute Gasteiger partial charge is 0.472 e. The van der Waals surface area contributed by atoms with Gasteiger partial charge in [0, 0.05) is 25.7 Å². The Morgan fingerprint density at radius 2 is 0.455 bits per heavy atom. The zero-order chi connectivity index (χ0) is 64.7. The average molecular weight is 1300 g/mol. The fraction of sp³-hybridized carbons (Fsp3) is 0.942. The molecule has 0 heterocycles. The molecule has 0 rings (SSSR count). The number of esters is 4. The lowest BCUT2D eigenvalue weighted by Gasteiger charge is -2.21. The minimum atomic E-state index is -4.95. The molecule has 3 N–H and O–H groups in total. The Morgan fingerprint density at radius 3 is 0.670 bits per heavy atom. The second-order valence-electron chi connectivity index (χ2n) is 24.9. The van der Waals surface area contributed by atoms with Gasteiger partial charge in [-0.1, -0.05) is 310 Å². The van der Waals surface area contributed by atoms with Gasteiger partial charge in [-0.3, -0.25) is 37.3 Å². The number of rotatable bonds is 70. The maximum absolute atomic E-state index is 13.0. The fourth-order valence-electron chi connectivity index (χ4n) is 10.5. The van der Waals surface area contributed by atoms with E-state index in [-0.39, 0.29) is 25.7 Å². The Labute approximate surface area is 537 Å². The fourth-order valence-corrected chi connectivity index (χ4v) is 12.1. The van der Waals surface area contributed by atoms with Crippen molar-refractivity contribution in [1.82, 2.24) is 0 Å². The lowest BCUT2D eigenvalue weighted by atomic mass is 10.0. The predicted molar refractivity (Wildman–Crippen MR) is 354 cm³/mol. The highest BCUT2D eigenvalue weighted by molar-refractivity contribution is 7.47. The second-order valence-corrected chi connectivity index (χ2v) is 27.8. The maximum Gasteiger partial charge on any atom is 0.472 e. The molecule has 0 aliphatic heterocycles. The third kappa shape index (κ3) is 62.8. The van der Waals surface area contributed by atoms with Crippen LogP contribution < -0.4 is 0 Å². The Hall–Kier alpha value is -1.94. The van der Waals surface area contributed by atoms with E-state index < -0.39 is 97.5 Å². The van der Waals surface area contributed by atoms with Crippen LogP contribution in [0, 0.1) is 0 Å². The van der Waals surface area contributed by atoms with Crippen molar-refractivity contribution in [1.29, 1.82) is 0 Å². The van der Waals surface area contributed by atoms with Crippen LogP contribution in [0.1, 0.15) is 362 Å². The van der Waals surface area contributed by atoms with Gasteiger partial charge in [0.05, 0.1) is 26.4 Å². The molecule has 5 atom stereocenters. The zero-order valence-electron chi connectivity index (χ0n) is 56.7.